The third kappa shape index (κ3) is 5.85. The second-order valence-electron chi connectivity index (χ2n) is 6.32. The van der Waals surface area contributed by atoms with E-state index >= 15 is 0 Å². The van der Waals surface area contributed by atoms with Crippen molar-refractivity contribution >= 4 is 17.6 Å². The van der Waals surface area contributed by atoms with E-state index in [0.717, 1.165) is 5.56 Å². The van der Waals surface area contributed by atoms with Crippen molar-refractivity contribution in [3.63, 3.8) is 0 Å². The molecule has 6 nitrogen and oxygen atoms in total. The van der Waals surface area contributed by atoms with Gasteiger partial charge in [-0.15, -0.1) is 0 Å². The van der Waals surface area contributed by atoms with E-state index in [4.69, 9.17) is 14.2 Å². The van der Waals surface area contributed by atoms with Gasteiger partial charge in [0.05, 0.1) is 12.3 Å². The van der Waals surface area contributed by atoms with E-state index in [0.29, 0.717) is 30.4 Å². The molecule has 1 N–H and O–H groups in total. The molecule has 0 unspecified atom stereocenters. The van der Waals surface area contributed by atoms with Gasteiger partial charge in [-0.05, 0) is 36.8 Å². The third-order valence-corrected chi connectivity index (χ3v) is 4.14. The SMILES string of the molecule is CCOc1ccccc1NC(=O)COC(=O)c1ccccc1OCc1ccccc1. The maximum atomic E-state index is 12.5. The van der Waals surface area contributed by atoms with Gasteiger partial charge in [0.15, 0.2) is 6.61 Å². The van der Waals surface area contributed by atoms with Gasteiger partial charge in [-0.2, -0.15) is 0 Å². The van der Waals surface area contributed by atoms with Crippen LogP contribution < -0.4 is 14.8 Å². The summed E-state index contributed by atoms with van der Waals surface area (Å²) in [7, 11) is 0. The van der Waals surface area contributed by atoms with Crippen LogP contribution in [0.1, 0.15) is 22.8 Å². The Bertz CT molecular complexity index is 988. The van der Waals surface area contributed by atoms with Crippen LogP contribution in [-0.2, 0) is 16.1 Å². The fourth-order valence-electron chi connectivity index (χ4n) is 2.74. The van der Waals surface area contributed by atoms with E-state index in [-0.39, 0.29) is 5.56 Å². The summed E-state index contributed by atoms with van der Waals surface area (Å²) in [6.45, 7) is 2.23. The minimum absolute atomic E-state index is 0.260. The molecule has 0 bridgehead atoms. The molecule has 0 saturated carbocycles. The predicted molar refractivity (Wildman–Crippen MR) is 114 cm³/mol. The highest BCUT2D eigenvalue weighted by Crippen LogP contribution is 2.24. The summed E-state index contributed by atoms with van der Waals surface area (Å²) >= 11 is 0. The maximum Gasteiger partial charge on any atom is 0.342 e. The molecule has 30 heavy (non-hydrogen) atoms. The van der Waals surface area contributed by atoms with Crippen molar-refractivity contribution in [2.45, 2.75) is 13.5 Å². The number of hydrogen-bond donors (Lipinski definition) is 1. The number of ether oxygens (including phenoxy) is 3. The fraction of sp³-hybridized carbons (Fsp3) is 0.167. The number of nitrogens with one attached hydrogen (secondary N) is 1. The van der Waals surface area contributed by atoms with Crippen LogP contribution in [0, 0.1) is 0 Å². The van der Waals surface area contributed by atoms with Crippen LogP contribution in [0.25, 0.3) is 0 Å². The number of rotatable bonds is 9. The summed E-state index contributed by atoms with van der Waals surface area (Å²) < 4.78 is 16.4. The van der Waals surface area contributed by atoms with Crippen molar-refractivity contribution in [1.29, 1.82) is 0 Å². The Hall–Kier alpha value is -3.80. The largest absolute Gasteiger partial charge is 0.492 e. The molecule has 0 heterocycles. The zero-order valence-electron chi connectivity index (χ0n) is 16.7. The first-order valence-electron chi connectivity index (χ1n) is 9.62. The Morgan fingerprint density at radius 3 is 2.23 bits per heavy atom. The van der Waals surface area contributed by atoms with Gasteiger partial charge < -0.3 is 19.5 Å². The van der Waals surface area contributed by atoms with Crippen molar-refractivity contribution in [2.75, 3.05) is 18.5 Å². The summed E-state index contributed by atoms with van der Waals surface area (Å²) in [6.07, 6.45) is 0. The van der Waals surface area contributed by atoms with Crippen molar-refractivity contribution < 1.29 is 23.8 Å². The Morgan fingerprint density at radius 1 is 0.800 bits per heavy atom. The molecule has 0 aliphatic rings. The van der Waals surface area contributed by atoms with E-state index < -0.39 is 18.5 Å². The maximum absolute atomic E-state index is 12.5. The summed E-state index contributed by atoms with van der Waals surface area (Å²) in [5, 5.41) is 2.69. The Kier molecular flexibility index (Phi) is 7.44. The molecule has 0 aromatic heterocycles. The summed E-state index contributed by atoms with van der Waals surface area (Å²) in [4.78, 5) is 24.7. The Labute approximate surface area is 175 Å². The second kappa shape index (κ2) is 10.7. The molecular weight excluding hydrogens is 382 g/mol. The van der Waals surface area contributed by atoms with E-state index in [9.17, 15) is 9.59 Å². The number of hydrogen-bond acceptors (Lipinski definition) is 5. The van der Waals surface area contributed by atoms with E-state index in [1.54, 1.807) is 42.5 Å². The predicted octanol–water partition coefficient (Wildman–Crippen LogP) is 4.46. The van der Waals surface area contributed by atoms with Gasteiger partial charge >= 0.3 is 5.97 Å². The average molecular weight is 405 g/mol. The minimum atomic E-state index is -0.632. The fourth-order valence-corrected chi connectivity index (χ4v) is 2.74. The van der Waals surface area contributed by atoms with Gasteiger partial charge in [-0.3, -0.25) is 4.79 Å². The van der Waals surface area contributed by atoms with E-state index in [1.165, 1.54) is 0 Å². The van der Waals surface area contributed by atoms with Crippen LogP contribution in [-0.4, -0.2) is 25.1 Å². The van der Waals surface area contributed by atoms with E-state index in [2.05, 4.69) is 5.32 Å². The van der Waals surface area contributed by atoms with Crippen LogP contribution in [0.3, 0.4) is 0 Å². The molecule has 0 fully saturated rings. The molecule has 3 rings (SSSR count). The molecule has 3 aromatic rings. The first-order chi connectivity index (χ1) is 14.7. The lowest BCUT2D eigenvalue weighted by molar-refractivity contribution is -0.119. The molecule has 154 valence electrons. The van der Waals surface area contributed by atoms with Crippen molar-refractivity contribution in [3.8, 4) is 11.5 Å². The van der Waals surface area contributed by atoms with Gasteiger partial charge in [-0.1, -0.05) is 54.6 Å². The van der Waals surface area contributed by atoms with Crippen LogP contribution >= 0.6 is 0 Å². The normalized spacial score (nSPS) is 10.2. The van der Waals surface area contributed by atoms with Gasteiger partial charge in [0, 0.05) is 0 Å². The number of carbonyl (C=O) groups excluding carboxylic acids is 2. The molecule has 6 heteroatoms. The first-order valence-corrected chi connectivity index (χ1v) is 9.62. The Morgan fingerprint density at radius 2 is 1.47 bits per heavy atom. The second-order valence-corrected chi connectivity index (χ2v) is 6.32. The summed E-state index contributed by atoms with van der Waals surface area (Å²) in [6, 6.07) is 23.5. The zero-order chi connectivity index (χ0) is 21.2. The highest BCUT2D eigenvalue weighted by molar-refractivity contribution is 5.97. The monoisotopic (exact) mass is 405 g/mol. The van der Waals surface area contributed by atoms with Crippen molar-refractivity contribution in [2.24, 2.45) is 0 Å². The van der Waals surface area contributed by atoms with Crippen molar-refractivity contribution in [3.05, 3.63) is 90.0 Å². The summed E-state index contributed by atoms with van der Waals surface area (Å²) in [5.74, 6) is -0.141. The van der Waals surface area contributed by atoms with Crippen molar-refractivity contribution in [1.82, 2.24) is 0 Å². The molecular formula is C24H23NO5. The lowest BCUT2D eigenvalue weighted by Gasteiger charge is -2.13. The minimum Gasteiger partial charge on any atom is -0.492 e. The highest BCUT2D eigenvalue weighted by Gasteiger charge is 2.16. The first kappa shape index (κ1) is 20.9. The number of amides is 1. The number of carbonyl (C=O) groups is 2. The third-order valence-electron chi connectivity index (χ3n) is 4.14. The lowest BCUT2D eigenvalue weighted by Crippen LogP contribution is -2.21. The van der Waals surface area contributed by atoms with Gasteiger partial charge in [-0.25, -0.2) is 4.79 Å². The molecule has 0 aliphatic carbocycles. The van der Waals surface area contributed by atoms with Crippen LogP contribution in [0.5, 0.6) is 11.5 Å². The van der Waals surface area contributed by atoms with Crippen LogP contribution in [0.2, 0.25) is 0 Å². The zero-order valence-corrected chi connectivity index (χ0v) is 16.7. The molecule has 0 radical (unpaired) electrons. The van der Waals surface area contributed by atoms with Crippen LogP contribution in [0.15, 0.2) is 78.9 Å². The standard InChI is InChI=1S/C24H23NO5/c1-2-28-22-15-9-7-13-20(22)25-23(26)17-30-24(27)19-12-6-8-14-21(19)29-16-18-10-4-3-5-11-18/h3-15H,2,16-17H2,1H3,(H,25,26). The van der Waals surface area contributed by atoms with Gasteiger partial charge in [0.2, 0.25) is 0 Å². The topological polar surface area (TPSA) is 73.9 Å². The molecule has 0 atom stereocenters. The molecule has 0 spiro atoms. The number of anilines is 1. The van der Waals surface area contributed by atoms with E-state index in [1.807, 2.05) is 43.3 Å². The van der Waals surface area contributed by atoms with Gasteiger partial charge in [0.1, 0.15) is 23.7 Å². The number of esters is 1. The number of benzene rings is 3. The van der Waals surface area contributed by atoms with Gasteiger partial charge in [0.25, 0.3) is 5.91 Å². The molecule has 0 saturated heterocycles. The lowest BCUT2D eigenvalue weighted by atomic mass is 10.2. The molecule has 0 aliphatic heterocycles. The molecule has 3 aromatic carbocycles. The molecule has 1 amide bonds. The highest BCUT2D eigenvalue weighted by atomic mass is 16.5. The Balaban J connectivity index is 1.58. The average Bonchev–Trinajstić information content (AvgIpc) is 2.78. The summed E-state index contributed by atoms with van der Waals surface area (Å²) in [5.41, 5.74) is 1.76. The van der Waals surface area contributed by atoms with Crippen LogP contribution in [0.4, 0.5) is 5.69 Å². The number of para-hydroxylation sites is 3. The quantitative estimate of drug-likeness (QED) is 0.532. The smallest absolute Gasteiger partial charge is 0.342 e.